The highest BCUT2D eigenvalue weighted by molar-refractivity contribution is 5.01. The average molecular weight is 281 g/mol. The summed E-state index contributed by atoms with van der Waals surface area (Å²) in [7, 11) is 0. The standard InChI is InChI=1S/C16H31N3O/c1-2-17-16(13-20)7-6-14(11-16)19-10-9-18-8-4-3-5-15(18)12-19/h14-15,17,20H,2-13H2,1H3. The molecule has 1 saturated carbocycles. The second kappa shape index (κ2) is 6.30. The van der Waals surface area contributed by atoms with Crippen LogP contribution < -0.4 is 5.32 Å². The first-order valence-corrected chi connectivity index (χ1v) is 8.60. The molecule has 0 bridgehead atoms. The molecule has 2 aliphatic heterocycles. The number of nitrogens with zero attached hydrogens (tertiary/aromatic N) is 2. The minimum absolute atomic E-state index is 0.00309. The molecule has 2 heterocycles. The van der Waals surface area contributed by atoms with E-state index in [0.29, 0.717) is 12.6 Å². The second-order valence-electron chi connectivity index (χ2n) is 7.05. The van der Waals surface area contributed by atoms with Gasteiger partial charge in [0, 0.05) is 37.3 Å². The van der Waals surface area contributed by atoms with Crippen LogP contribution in [0.25, 0.3) is 0 Å². The van der Waals surface area contributed by atoms with Crippen molar-refractivity contribution in [2.45, 2.75) is 63.1 Å². The molecule has 0 amide bonds. The Balaban J connectivity index is 1.58. The minimum atomic E-state index is 0.00309. The van der Waals surface area contributed by atoms with E-state index in [0.717, 1.165) is 25.4 Å². The summed E-state index contributed by atoms with van der Waals surface area (Å²) in [6, 6.07) is 1.49. The average Bonchev–Trinajstić information content (AvgIpc) is 2.92. The van der Waals surface area contributed by atoms with Gasteiger partial charge in [-0.2, -0.15) is 0 Å². The van der Waals surface area contributed by atoms with Crippen LogP contribution in [0.5, 0.6) is 0 Å². The maximum absolute atomic E-state index is 9.76. The van der Waals surface area contributed by atoms with E-state index in [9.17, 15) is 5.11 Å². The van der Waals surface area contributed by atoms with E-state index in [-0.39, 0.29) is 5.54 Å². The van der Waals surface area contributed by atoms with Crippen molar-refractivity contribution in [1.82, 2.24) is 15.1 Å². The molecule has 1 aliphatic carbocycles. The molecule has 4 nitrogen and oxygen atoms in total. The zero-order chi connectivity index (χ0) is 14.0. The topological polar surface area (TPSA) is 38.7 Å². The molecule has 0 radical (unpaired) electrons. The van der Waals surface area contributed by atoms with Crippen molar-refractivity contribution >= 4 is 0 Å². The first-order chi connectivity index (χ1) is 9.76. The fraction of sp³-hybridized carbons (Fsp3) is 1.00. The number of aliphatic hydroxyl groups excluding tert-OH is 1. The third-order valence-electron chi connectivity index (χ3n) is 5.82. The third-order valence-corrected chi connectivity index (χ3v) is 5.82. The molecule has 3 atom stereocenters. The summed E-state index contributed by atoms with van der Waals surface area (Å²) in [5.41, 5.74) is 0.00309. The number of piperazine rings is 1. The van der Waals surface area contributed by atoms with Gasteiger partial charge >= 0.3 is 0 Å². The third kappa shape index (κ3) is 2.89. The fourth-order valence-corrected chi connectivity index (χ4v) is 4.66. The lowest BCUT2D eigenvalue weighted by atomic mass is 9.96. The maximum Gasteiger partial charge on any atom is 0.0613 e. The lowest BCUT2D eigenvalue weighted by Crippen LogP contribution is -2.57. The van der Waals surface area contributed by atoms with E-state index >= 15 is 0 Å². The molecule has 3 unspecified atom stereocenters. The smallest absolute Gasteiger partial charge is 0.0613 e. The van der Waals surface area contributed by atoms with E-state index in [4.69, 9.17) is 0 Å². The lowest BCUT2D eigenvalue weighted by Gasteiger charge is -2.46. The van der Waals surface area contributed by atoms with Gasteiger partial charge in [-0.25, -0.2) is 0 Å². The van der Waals surface area contributed by atoms with Gasteiger partial charge in [-0.15, -0.1) is 0 Å². The Labute approximate surface area is 123 Å². The molecule has 0 aromatic carbocycles. The Morgan fingerprint density at radius 2 is 1.95 bits per heavy atom. The number of hydrogen-bond acceptors (Lipinski definition) is 4. The summed E-state index contributed by atoms with van der Waals surface area (Å²) in [4.78, 5) is 5.43. The molecule has 20 heavy (non-hydrogen) atoms. The van der Waals surface area contributed by atoms with E-state index < -0.39 is 0 Å². The van der Waals surface area contributed by atoms with Gasteiger partial charge in [0.15, 0.2) is 0 Å². The molecule has 116 valence electrons. The first kappa shape index (κ1) is 14.8. The van der Waals surface area contributed by atoms with Crippen LogP contribution in [0.2, 0.25) is 0 Å². The highest BCUT2D eigenvalue weighted by Crippen LogP contribution is 2.34. The Bertz CT molecular complexity index is 323. The van der Waals surface area contributed by atoms with Crippen LogP contribution in [0, 0.1) is 0 Å². The van der Waals surface area contributed by atoms with Crippen molar-refractivity contribution in [2.75, 3.05) is 39.3 Å². The fourth-order valence-electron chi connectivity index (χ4n) is 4.66. The highest BCUT2D eigenvalue weighted by atomic mass is 16.3. The number of rotatable bonds is 4. The maximum atomic E-state index is 9.76. The van der Waals surface area contributed by atoms with Gasteiger partial charge in [-0.05, 0) is 45.2 Å². The summed E-state index contributed by atoms with van der Waals surface area (Å²) in [5, 5.41) is 13.3. The molecule has 3 rings (SSSR count). The van der Waals surface area contributed by atoms with Crippen molar-refractivity contribution < 1.29 is 5.11 Å². The van der Waals surface area contributed by atoms with Crippen molar-refractivity contribution in [2.24, 2.45) is 0 Å². The quantitative estimate of drug-likeness (QED) is 0.808. The van der Waals surface area contributed by atoms with E-state index in [2.05, 4.69) is 22.0 Å². The zero-order valence-electron chi connectivity index (χ0n) is 13.0. The molecule has 2 N–H and O–H groups in total. The van der Waals surface area contributed by atoms with Crippen LogP contribution in [0.15, 0.2) is 0 Å². The van der Waals surface area contributed by atoms with Crippen molar-refractivity contribution in [3.05, 3.63) is 0 Å². The molecule has 0 spiro atoms. The normalized spacial score (nSPS) is 39.9. The van der Waals surface area contributed by atoms with Crippen LogP contribution in [0.4, 0.5) is 0 Å². The Morgan fingerprint density at radius 3 is 2.75 bits per heavy atom. The first-order valence-electron chi connectivity index (χ1n) is 8.60. The Kier molecular flexibility index (Phi) is 4.65. The Hall–Kier alpha value is -0.160. The summed E-state index contributed by atoms with van der Waals surface area (Å²) in [6.45, 7) is 8.47. The van der Waals surface area contributed by atoms with Gasteiger partial charge in [0.25, 0.3) is 0 Å². The van der Waals surface area contributed by atoms with Gasteiger partial charge in [-0.1, -0.05) is 13.3 Å². The molecule has 3 aliphatic rings. The lowest BCUT2D eigenvalue weighted by molar-refractivity contribution is 0.0255. The largest absolute Gasteiger partial charge is 0.394 e. The summed E-state index contributed by atoms with van der Waals surface area (Å²) >= 11 is 0. The predicted octanol–water partition coefficient (Wildman–Crippen LogP) is 1.05. The van der Waals surface area contributed by atoms with Gasteiger partial charge in [0.1, 0.15) is 0 Å². The van der Waals surface area contributed by atoms with Crippen LogP contribution in [-0.2, 0) is 0 Å². The highest BCUT2D eigenvalue weighted by Gasteiger charge is 2.42. The van der Waals surface area contributed by atoms with Crippen molar-refractivity contribution in [1.29, 1.82) is 0 Å². The van der Waals surface area contributed by atoms with Crippen molar-refractivity contribution in [3.8, 4) is 0 Å². The molecular weight excluding hydrogens is 250 g/mol. The monoisotopic (exact) mass is 281 g/mol. The van der Waals surface area contributed by atoms with Gasteiger partial charge < -0.3 is 10.4 Å². The van der Waals surface area contributed by atoms with Crippen molar-refractivity contribution in [3.63, 3.8) is 0 Å². The second-order valence-corrected chi connectivity index (χ2v) is 7.05. The number of piperidine rings is 1. The number of fused-ring (bicyclic) bond motifs is 1. The Morgan fingerprint density at radius 1 is 1.10 bits per heavy atom. The molecule has 3 fully saturated rings. The molecular formula is C16H31N3O. The summed E-state index contributed by atoms with van der Waals surface area (Å²) in [5.74, 6) is 0. The van der Waals surface area contributed by atoms with Crippen LogP contribution in [0.1, 0.15) is 45.4 Å². The molecule has 2 saturated heterocycles. The molecule has 0 aromatic rings. The van der Waals surface area contributed by atoms with E-state index in [1.165, 1.54) is 51.9 Å². The van der Waals surface area contributed by atoms with Gasteiger partial charge in [0.2, 0.25) is 0 Å². The van der Waals surface area contributed by atoms with Crippen LogP contribution in [0.3, 0.4) is 0 Å². The van der Waals surface area contributed by atoms with Gasteiger partial charge in [-0.3, -0.25) is 9.80 Å². The zero-order valence-corrected chi connectivity index (χ0v) is 13.0. The van der Waals surface area contributed by atoms with Crippen LogP contribution >= 0.6 is 0 Å². The number of nitrogens with one attached hydrogen (secondary N) is 1. The summed E-state index contributed by atoms with van der Waals surface area (Å²) in [6.07, 6.45) is 7.71. The number of likely N-dealkylation sites (N-methyl/N-ethyl adjacent to an activating group) is 1. The SMILES string of the molecule is CCNC1(CO)CCC(N2CCN3CCCCC3C2)C1. The van der Waals surface area contributed by atoms with E-state index in [1.54, 1.807) is 0 Å². The van der Waals surface area contributed by atoms with Crippen LogP contribution in [-0.4, -0.2) is 71.9 Å². The molecule has 0 aromatic heterocycles. The van der Waals surface area contributed by atoms with Gasteiger partial charge in [0.05, 0.1) is 6.61 Å². The molecule has 4 heteroatoms. The number of hydrogen-bond donors (Lipinski definition) is 2. The summed E-state index contributed by atoms with van der Waals surface area (Å²) < 4.78 is 0. The van der Waals surface area contributed by atoms with E-state index in [1.807, 2.05) is 0 Å². The number of aliphatic hydroxyl groups is 1. The minimum Gasteiger partial charge on any atom is -0.394 e. The predicted molar refractivity (Wildman–Crippen MR) is 81.9 cm³/mol.